The van der Waals surface area contributed by atoms with E-state index in [-0.39, 0.29) is 81.4 Å². The van der Waals surface area contributed by atoms with Crippen LogP contribution >= 0.6 is 0 Å². The van der Waals surface area contributed by atoms with Crippen molar-refractivity contribution >= 4 is 100 Å². The Bertz CT molecular complexity index is 3580. The van der Waals surface area contributed by atoms with Crippen LogP contribution < -0.4 is 69.1 Å². The smallest absolute Gasteiger partial charge is 0.248 e. The average Bonchev–Trinajstić information content (AvgIpc) is 0.847. The molecule has 0 aliphatic carbocycles. The topological polar surface area (TPSA) is 445 Å². The minimum Gasteiger partial charge on any atom is -0.354 e. The SMILES string of the molecule is CC(=O)N1CCCC[C@H]1C(=O)NC(C)(C)C(=O)N1CCCC[C@H]1C(=O)NC(C)(C)C(=O)NC(C)(C)C(=O)N[C@@H](CC(C)C)C(=O)NCCC(=O)NCC(=O)NC(C)(C)C(=O)NC(C)(C)C(=O)N1CCCC[C@H]1C(=O)NC(C)(C)C(=O)NCC(=O)N[C@@H](CC(C)C)C(=O)NC(C)(C)C(=O)N[C@@H](CC(C)C)CN1CCC[N+]2=C1CCC2. The molecule has 0 aromatic heterocycles. The van der Waals surface area contributed by atoms with E-state index in [0.29, 0.717) is 51.1 Å². The Labute approximate surface area is 673 Å². The average molecular weight is 1610 g/mol. The normalized spacial score (nSPS) is 18.7. The molecule has 5 aliphatic rings. The zero-order chi connectivity index (χ0) is 86.0. The van der Waals surface area contributed by atoms with Gasteiger partial charge in [0.1, 0.15) is 75.5 Å². The first-order valence-corrected chi connectivity index (χ1v) is 41.0. The molecule has 0 radical (unpaired) electrons. The summed E-state index contributed by atoms with van der Waals surface area (Å²) in [4.78, 5) is 226. The molecule has 3 fully saturated rings. The number of rotatable bonds is 37. The van der Waals surface area contributed by atoms with Crippen LogP contribution in [0.15, 0.2) is 0 Å². The van der Waals surface area contributed by atoms with Gasteiger partial charge in [0.2, 0.25) is 100 Å². The molecule has 6 atom stereocenters. The molecule has 0 unspecified atom stereocenters. The summed E-state index contributed by atoms with van der Waals surface area (Å²) in [5.74, 6) is -8.49. The van der Waals surface area contributed by atoms with Gasteiger partial charge >= 0.3 is 0 Å². The molecule has 5 rings (SSSR count). The summed E-state index contributed by atoms with van der Waals surface area (Å²) in [7, 11) is 0. The lowest BCUT2D eigenvalue weighted by Crippen LogP contribution is -2.67. The summed E-state index contributed by atoms with van der Waals surface area (Å²) in [6, 6.07) is -5.20. The van der Waals surface area contributed by atoms with Gasteiger partial charge in [-0.1, -0.05) is 41.5 Å². The van der Waals surface area contributed by atoms with Crippen LogP contribution in [0.25, 0.3) is 0 Å². The minimum atomic E-state index is -1.67. The first kappa shape index (κ1) is 95.6. The maximum atomic E-state index is 14.4. The lowest BCUT2D eigenvalue weighted by atomic mass is 9.93. The Hall–Kier alpha value is -9.01. The van der Waals surface area contributed by atoms with Crippen LogP contribution in [0.1, 0.15) is 248 Å². The van der Waals surface area contributed by atoms with E-state index < -0.39 is 165 Å². The molecule has 0 aromatic rings. The van der Waals surface area contributed by atoms with Crippen LogP contribution in [-0.2, 0) is 76.7 Å². The third kappa shape index (κ3) is 27.6. The van der Waals surface area contributed by atoms with Crippen LogP contribution in [0, 0.1) is 17.8 Å². The third-order valence-corrected chi connectivity index (χ3v) is 21.4. The van der Waals surface area contributed by atoms with E-state index in [1.807, 2.05) is 27.7 Å². The Morgan fingerprint density at radius 2 is 0.798 bits per heavy atom. The standard InChI is InChI=1S/C80H136N18O16/c1-48(2)42-52(47-95-38-29-37-94-36-28-33-61(94)95)84-68(109)75(10,11)88-63(104)54(44-50(5)6)85-59(101)45-83-67(108)74(8,9)89-65(106)56-31-24-27-41-98(56)73(114)80(20,21)93-70(111)77(14,15)87-60(102)46-82-58(100)34-35-81-62(103)53(43-49(3)4)86-69(110)76(12,13)92-71(112)78(16,17)90-66(107)57-32-23-26-40-97(57)72(113)79(18,19)91-64(105)55-30-22-25-39-96(55)51(7)99/h48-50,52-57H,22-47H2,1-21H3,(H12-,81,82,83,84,85,86,87,88,89,90,91,92,93,100,101,102,103,104,105,106,107,108,109,110,111,112)/p+1/t52-,53-,54-,55-,56-,57-/m0/s1. The highest BCUT2D eigenvalue weighted by Gasteiger charge is 2.48. The van der Waals surface area contributed by atoms with Gasteiger partial charge in [0.15, 0.2) is 0 Å². The Kier molecular flexibility index (Phi) is 34.0. The molecule has 642 valence electrons. The Morgan fingerprint density at radius 1 is 0.386 bits per heavy atom. The number of amides is 16. The molecule has 0 spiro atoms. The largest absolute Gasteiger partial charge is 0.354 e. The van der Waals surface area contributed by atoms with Gasteiger partial charge < -0.3 is 83.8 Å². The molecule has 114 heavy (non-hydrogen) atoms. The molecule has 34 nitrogen and oxygen atoms in total. The zero-order valence-corrected chi connectivity index (χ0v) is 71.8. The van der Waals surface area contributed by atoms with E-state index >= 15 is 0 Å². The van der Waals surface area contributed by atoms with Crippen molar-refractivity contribution in [3.63, 3.8) is 0 Å². The van der Waals surface area contributed by atoms with Gasteiger partial charge in [0, 0.05) is 45.9 Å². The number of piperidine rings is 3. The van der Waals surface area contributed by atoms with E-state index in [4.69, 9.17) is 0 Å². The molecule has 0 bridgehead atoms. The van der Waals surface area contributed by atoms with Crippen LogP contribution in [0.4, 0.5) is 0 Å². The second kappa shape index (κ2) is 40.5. The van der Waals surface area contributed by atoms with Crippen LogP contribution in [0.3, 0.4) is 0 Å². The number of carbonyl (C=O) groups excluding carboxylic acids is 16. The quantitative estimate of drug-likeness (QED) is 0.0380. The molecule has 0 saturated carbocycles. The van der Waals surface area contributed by atoms with Gasteiger partial charge in [0.25, 0.3) is 0 Å². The molecular weight excluding hydrogens is 1470 g/mol. The van der Waals surface area contributed by atoms with Crippen molar-refractivity contribution in [2.45, 2.75) is 323 Å². The summed E-state index contributed by atoms with van der Waals surface area (Å²) in [5, 5.41) is 35.3. The lowest BCUT2D eigenvalue weighted by Gasteiger charge is -2.42. The van der Waals surface area contributed by atoms with Crippen molar-refractivity contribution in [1.82, 2.24) is 88.7 Å². The summed E-state index contributed by atoms with van der Waals surface area (Å²) < 4.78 is 2.43. The number of carbonyl (C=O) groups is 16. The fourth-order valence-electron chi connectivity index (χ4n) is 15.0. The number of nitrogens with one attached hydrogen (secondary N) is 13. The molecule has 0 aromatic carbocycles. The van der Waals surface area contributed by atoms with Gasteiger partial charge in [-0.25, -0.2) is 0 Å². The Balaban J connectivity index is 1.06. The van der Waals surface area contributed by atoms with E-state index in [1.165, 1.54) is 96.7 Å². The van der Waals surface area contributed by atoms with Gasteiger partial charge in [-0.3, -0.25) is 86.2 Å². The van der Waals surface area contributed by atoms with Crippen molar-refractivity contribution in [2.75, 3.05) is 65.4 Å². The molecule has 16 amide bonds. The second-order valence-corrected chi connectivity index (χ2v) is 36.5. The molecule has 3 saturated heterocycles. The predicted octanol–water partition coefficient (Wildman–Crippen LogP) is 0.655. The van der Waals surface area contributed by atoms with E-state index in [2.05, 4.69) is 92.4 Å². The van der Waals surface area contributed by atoms with Crippen molar-refractivity contribution in [2.24, 2.45) is 17.8 Å². The number of amidine groups is 1. The number of likely N-dealkylation sites (tertiary alicyclic amines) is 3. The monoisotopic (exact) mass is 1610 g/mol. The van der Waals surface area contributed by atoms with E-state index in [1.54, 1.807) is 27.7 Å². The molecule has 13 N–H and O–H groups in total. The van der Waals surface area contributed by atoms with E-state index in [0.717, 1.165) is 58.2 Å². The summed E-state index contributed by atoms with van der Waals surface area (Å²) in [6.45, 7) is 36.6. The maximum Gasteiger partial charge on any atom is 0.248 e. The van der Waals surface area contributed by atoms with Crippen molar-refractivity contribution < 1.29 is 81.3 Å². The molecule has 5 heterocycles. The van der Waals surface area contributed by atoms with Crippen LogP contribution in [0.5, 0.6) is 0 Å². The Morgan fingerprint density at radius 3 is 1.31 bits per heavy atom. The fourth-order valence-corrected chi connectivity index (χ4v) is 15.0. The molecule has 5 aliphatic heterocycles. The summed E-state index contributed by atoms with van der Waals surface area (Å²) in [6.07, 6.45) is 8.65. The summed E-state index contributed by atoms with van der Waals surface area (Å²) in [5.41, 5.74) is -11.1. The van der Waals surface area contributed by atoms with Crippen LogP contribution in [-0.4, -0.2) is 265 Å². The maximum absolute atomic E-state index is 14.4. The predicted molar refractivity (Wildman–Crippen MR) is 428 cm³/mol. The molecular formula is C80H137N18O16+. The molecule has 34 heteroatoms. The van der Waals surface area contributed by atoms with Crippen molar-refractivity contribution in [3.8, 4) is 0 Å². The van der Waals surface area contributed by atoms with Crippen molar-refractivity contribution in [3.05, 3.63) is 0 Å². The van der Waals surface area contributed by atoms with Gasteiger partial charge in [-0.05, 0) is 198 Å². The lowest BCUT2D eigenvalue weighted by molar-refractivity contribution is -0.530. The highest BCUT2D eigenvalue weighted by Crippen LogP contribution is 2.27. The van der Waals surface area contributed by atoms with E-state index in [9.17, 15) is 76.7 Å². The van der Waals surface area contributed by atoms with Crippen molar-refractivity contribution in [1.29, 1.82) is 0 Å². The van der Waals surface area contributed by atoms with Gasteiger partial charge in [0.05, 0.1) is 45.2 Å². The van der Waals surface area contributed by atoms with Gasteiger partial charge in [-0.15, -0.1) is 0 Å². The zero-order valence-electron chi connectivity index (χ0n) is 71.8. The first-order valence-electron chi connectivity index (χ1n) is 41.0. The number of hydrogen-bond donors (Lipinski definition) is 13. The van der Waals surface area contributed by atoms with Gasteiger partial charge in [-0.2, -0.15) is 0 Å². The number of nitrogens with zero attached hydrogens (tertiary/aromatic N) is 5. The highest BCUT2D eigenvalue weighted by molar-refractivity contribution is 6.02. The summed E-state index contributed by atoms with van der Waals surface area (Å²) >= 11 is 0. The number of hydrogen-bond acceptors (Lipinski definition) is 17. The van der Waals surface area contributed by atoms with Crippen LogP contribution in [0.2, 0.25) is 0 Å². The third-order valence-electron chi connectivity index (χ3n) is 21.4. The fraction of sp³-hybridized carbons (Fsp3) is 0.787. The first-order chi connectivity index (χ1) is 52.7. The second-order valence-electron chi connectivity index (χ2n) is 36.5. The minimum absolute atomic E-state index is 0.0599. The highest BCUT2D eigenvalue weighted by atomic mass is 16.2.